The van der Waals surface area contributed by atoms with Crippen LogP contribution < -0.4 is 5.32 Å². The van der Waals surface area contributed by atoms with Gasteiger partial charge in [-0.25, -0.2) is 0 Å². The lowest BCUT2D eigenvalue weighted by molar-refractivity contribution is 0.491. The minimum Gasteiger partial charge on any atom is -0.466 e. The lowest BCUT2D eigenvalue weighted by Crippen LogP contribution is -2.24. The van der Waals surface area contributed by atoms with Gasteiger partial charge in [-0.1, -0.05) is 6.92 Å². The summed E-state index contributed by atoms with van der Waals surface area (Å²) in [5.74, 6) is 2.03. The first-order valence-electron chi connectivity index (χ1n) is 4.92. The van der Waals surface area contributed by atoms with Crippen LogP contribution in [0.3, 0.4) is 0 Å². The van der Waals surface area contributed by atoms with Gasteiger partial charge in [0.1, 0.15) is 11.5 Å². The Morgan fingerprint density at radius 3 is 2.62 bits per heavy atom. The Labute approximate surface area is 80.3 Å². The summed E-state index contributed by atoms with van der Waals surface area (Å²) in [6.45, 7) is 9.30. The van der Waals surface area contributed by atoms with E-state index in [9.17, 15) is 0 Å². The SMILES string of the molecule is CCC(C)NCc1cc(C)oc1C. The molecule has 0 bridgehead atoms. The molecule has 74 valence electrons. The number of hydrogen-bond donors (Lipinski definition) is 1. The number of nitrogens with one attached hydrogen (secondary N) is 1. The van der Waals surface area contributed by atoms with Crippen LogP contribution in [0.15, 0.2) is 10.5 Å². The molecule has 0 aliphatic heterocycles. The quantitative estimate of drug-likeness (QED) is 0.772. The topological polar surface area (TPSA) is 25.2 Å². The molecule has 1 unspecified atom stereocenters. The highest BCUT2D eigenvalue weighted by atomic mass is 16.3. The van der Waals surface area contributed by atoms with Gasteiger partial charge in [-0.3, -0.25) is 0 Å². The van der Waals surface area contributed by atoms with Gasteiger partial charge in [0.05, 0.1) is 0 Å². The first kappa shape index (κ1) is 10.3. The standard InChI is InChI=1S/C11H19NO/c1-5-8(2)12-7-11-6-9(3)13-10(11)4/h6,8,12H,5,7H2,1-4H3. The zero-order chi connectivity index (χ0) is 9.84. The maximum Gasteiger partial charge on any atom is 0.105 e. The van der Waals surface area contributed by atoms with Crippen molar-refractivity contribution in [2.24, 2.45) is 0 Å². The van der Waals surface area contributed by atoms with E-state index in [-0.39, 0.29) is 0 Å². The maximum absolute atomic E-state index is 5.44. The van der Waals surface area contributed by atoms with Gasteiger partial charge in [0.15, 0.2) is 0 Å². The molecule has 0 spiro atoms. The minimum absolute atomic E-state index is 0.578. The van der Waals surface area contributed by atoms with Gasteiger partial charge in [0.2, 0.25) is 0 Å². The molecular weight excluding hydrogens is 162 g/mol. The fourth-order valence-electron chi connectivity index (χ4n) is 1.29. The molecule has 1 aromatic heterocycles. The maximum atomic E-state index is 5.44. The van der Waals surface area contributed by atoms with Crippen molar-refractivity contribution in [3.05, 3.63) is 23.2 Å². The highest BCUT2D eigenvalue weighted by Gasteiger charge is 2.05. The molecule has 0 aliphatic carbocycles. The van der Waals surface area contributed by atoms with Crippen molar-refractivity contribution < 1.29 is 4.42 Å². The zero-order valence-corrected chi connectivity index (χ0v) is 8.98. The average molecular weight is 181 g/mol. The normalized spacial score (nSPS) is 13.2. The van der Waals surface area contributed by atoms with E-state index in [0.29, 0.717) is 6.04 Å². The molecule has 1 N–H and O–H groups in total. The van der Waals surface area contributed by atoms with Crippen molar-refractivity contribution in [1.29, 1.82) is 0 Å². The summed E-state index contributed by atoms with van der Waals surface area (Å²) in [5, 5.41) is 3.44. The summed E-state index contributed by atoms with van der Waals surface area (Å²) in [4.78, 5) is 0. The van der Waals surface area contributed by atoms with Gasteiger partial charge in [0.25, 0.3) is 0 Å². The van der Waals surface area contributed by atoms with E-state index < -0.39 is 0 Å². The molecule has 0 aliphatic rings. The van der Waals surface area contributed by atoms with E-state index in [2.05, 4.69) is 25.2 Å². The van der Waals surface area contributed by atoms with E-state index in [1.165, 1.54) is 5.56 Å². The molecule has 0 radical (unpaired) electrons. The average Bonchev–Trinajstić information content (AvgIpc) is 2.41. The van der Waals surface area contributed by atoms with E-state index in [1.807, 2.05) is 13.8 Å². The second-order valence-corrected chi connectivity index (χ2v) is 3.63. The summed E-state index contributed by atoms with van der Waals surface area (Å²) >= 11 is 0. The second kappa shape index (κ2) is 4.47. The van der Waals surface area contributed by atoms with Crippen molar-refractivity contribution in [3.63, 3.8) is 0 Å². The molecule has 2 nitrogen and oxygen atoms in total. The van der Waals surface area contributed by atoms with Gasteiger partial charge >= 0.3 is 0 Å². The van der Waals surface area contributed by atoms with Crippen LogP contribution >= 0.6 is 0 Å². The molecule has 1 heterocycles. The Hall–Kier alpha value is -0.760. The van der Waals surface area contributed by atoms with E-state index in [1.54, 1.807) is 0 Å². The molecule has 0 saturated carbocycles. The summed E-state index contributed by atoms with van der Waals surface area (Å²) in [7, 11) is 0. The number of furan rings is 1. The fraction of sp³-hybridized carbons (Fsp3) is 0.636. The Bertz CT molecular complexity index is 265. The van der Waals surface area contributed by atoms with Crippen LogP contribution in [0.25, 0.3) is 0 Å². The van der Waals surface area contributed by atoms with Gasteiger partial charge in [-0.15, -0.1) is 0 Å². The predicted octanol–water partition coefficient (Wildman–Crippen LogP) is 2.78. The predicted molar refractivity (Wildman–Crippen MR) is 54.8 cm³/mol. The zero-order valence-electron chi connectivity index (χ0n) is 8.98. The van der Waals surface area contributed by atoms with Crippen molar-refractivity contribution in [2.75, 3.05) is 0 Å². The van der Waals surface area contributed by atoms with Crippen molar-refractivity contribution >= 4 is 0 Å². The third-order valence-corrected chi connectivity index (χ3v) is 2.40. The summed E-state index contributed by atoms with van der Waals surface area (Å²) in [6, 6.07) is 2.68. The van der Waals surface area contributed by atoms with E-state index in [0.717, 1.165) is 24.5 Å². The van der Waals surface area contributed by atoms with Crippen molar-refractivity contribution in [1.82, 2.24) is 5.32 Å². The summed E-state index contributed by atoms with van der Waals surface area (Å²) < 4.78 is 5.44. The van der Waals surface area contributed by atoms with Crippen LogP contribution in [0.1, 0.15) is 37.4 Å². The monoisotopic (exact) mass is 181 g/mol. The largest absolute Gasteiger partial charge is 0.466 e. The Kier molecular flexibility index (Phi) is 3.55. The molecule has 1 aromatic rings. The van der Waals surface area contributed by atoms with Gasteiger partial charge in [-0.05, 0) is 33.3 Å². The number of hydrogen-bond acceptors (Lipinski definition) is 2. The van der Waals surface area contributed by atoms with Gasteiger partial charge < -0.3 is 9.73 Å². The van der Waals surface area contributed by atoms with Crippen molar-refractivity contribution in [2.45, 2.75) is 46.7 Å². The van der Waals surface area contributed by atoms with Crippen molar-refractivity contribution in [3.8, 4) is 0 Å². The first-order chi connectivity index (χ1) is 6.13. The van der Waals surface area contributed by atoms with Crippen LogP contribution in [-0.4, -0.2) is 6.04 Å². The van der Waals surface area contributed by atoms with Gasteiger partial charge in [0, 0.05) is 18.2 Å². The highest BCUT2D eigenvalue weighted by molar-refractivity contribution is 5.19. The molecule has 0 saturated heterocycles. The molecule has 0 fully saturated rings. The second-order valence-electron chi connectivity index (χ2n) is 3.63. The van der Waals surface area contributed by atoms with E-state index in [4.69, 9.17) is 4.42 Å². The van der Waals surface area contributed by atoms with Crippen LogP contribution in [0, 0.1) is 13.8 Å². The lowest BCUT2D eigenvalue weighted by Gasteiger charge is -2.09. The third kappa shape index (κ3) is 2.88. The Morgan fingerprint density at radius 1 is 1.46 bits per heavy atom. The van der Waals surface area contributed by atoms with Crippen LogP contribution in [0.2, 0.25) is 0 Å². The highest BCUT2D eigenvalue weighted by Crippen LogP contribution is 2.13. The number of aryl methyl sites for hydroxylation is 2. The molecule has 1 rings (SSSR count). The fourth-order valence-corrected chi connectivity index (χ4v) is 1.29. The summed E-state index contributed by atoms with van der Waals surface area (Å²) in [5.41, 5.74) is 1.28. The van der Waals surface area contributed by atoms with Crippen LogP contribution in [0.4, 0.5) is 0 Å². The lowest BCUT2D eigenvalue weighted by atomic mass is 10.2. The molecule has 0 aromatic carbocycles. The van der Waals surface area contributed by atoms with Gasteiger partial charge in [-0.2, -0.15) is 0 Å². The molecule has 0 amide bonds. The van der Waals surface area contributed by atoms with Crippen LogP contribution in [0.5, 0.6) is 0 Å². The number of rotatable bonds is 4. The molecule has 1 atom stereocenters. The summed E-state index contributed by atoms with van der Waals surface area (Å²) in [6.07, 6.45) is 1.16. The van der Waals surface area contributed by atoms with Crippen LogP contribution in [-0.2, 0) is 6.54 Å². The first-order valence-corrected chi connectivity index (χ1v) is 4.92. The third-order valence-electron chi connectivity index (χ3n) is 2.40. The smallest absolute Gasteiger partial charge is 0.105 e. The van der Waals surface area contributed by atoms with E-state index >= 15 is 0 Å². The Morgan fingerprint density at radius 2 is 2.15 bits per heavy atom. The Balaban J connectivity index is 2.49. The minimum atomic E-state index is 0.578. The molecule has 2 heteroatoms. The molecular formula is C11H19NO. The molecule has 13 heavy (non-hydrogen) atoms.